The van der Waals surface area contributed by atoms with E-state index in [0.29, 0.717) is 0 Å². The molecule has 0 spiro atoms. The molecule has 0 aromatic carbocycles. The van der Waals surface area contributed by atoms with Gasteiger partial charge in [0, 0.05) is 40.3 Å². The normalized spacial score (nSPS) is 10.5. The molecule has 0 heterocycles. The van der Waals surface area contributed by atoms with E-state index >= 15 is 0 Å². The monoisotopic (exact) mass is 213 g/mol. The minimum atomic E-state index is 0.781. The zero-order chi connectivity index (χ0) is 11.4. The molecule has 0 aromatic rings. The Hall–Kier alpha value is -0.560. The van der Waals surface area contributed by atoms with Crippen molar-refractivity contribution in [2.45, 2.75) is 19.3 Å². The molecular weight excluding hydrogens is 190 g/mol. The van der Waals surface area contributed by atoms with Crippen LogP contribution in [-0.2, 0) is 9.47 Å². The van der Waals surface area contributed by atoms with Crippen molar-refractivity contribution in [2.75, 3.05) is 47.1 Å². The summed E-state index contributed by atoms with van der Waals surface area (Å²) in [6.45, 7) is 4.69. The minimum Gasteiger partial charge on any atom is -0.385 e. The number of methoxy groups -OCH3 is 2. The number of hydrogen-bond donors (Lipinski definition) is 0. The van der Waals surface area contributed by atoms with Crippen LogP contribution in [0.3, 0.4) is 0 Å². The van der Waals surface area contributed by atoms with Crippen LogP contribution in [0.15, 0.2) is 0 Å². The van der Waals surface area contributed by atoms with Crippen molar-refractivity contribution in [3.8, 4) is 12.3 Å². The zero-order valence-corrected chi connectivity index (χ0v) is 10.00. The Morgan fingerprint density at radius 2 is 1.67 bits per heavy atom. The molecule has 0 unspecified atom stereocenters. The lowest BCUT2D eigenvalue weighted by Crippen LogP contribution is -2.30. The van der Waals surface area contributed by atoms with Crippen molar-refractivity contribution in [1.82, 2.24) is 4.90 Å². The van der Waals surface area contributed by atoms with E-state index in [-0.39, 0.29) is 0 Å². The van der Waals surface area contributed by atoms with Crippen LogP contribution in [0.4, 0.5) is 0 Å². The molecule has 88 valence electrons. The van der Waals surface area contributed by atoms with Crippen molar-refractivity contribution >= 4 is 0 Å². The fraction of sp³-hybridized carbons (Fsp3) is 0.833. The molecular formula is C12H23NO2. The van der Waals surface area contributed by atoms with Crippen LogP contribution >= 0.6 is 0 Å². The van der Waals surface area contributed by atoms with E-state index in [1.807, 2.05) is 0 Å². The average molecular weight is 213 g/mol. The first kappa shape index (κ1) is 14.4. The van der Waals surface area contributed by atoms with E-state index in [1.54, 1.807) is 14.2 Å². The maximum Gasteiger partial charge on any atom is 0.0589 e. The van der Waals surface area contributed by atoms with Gasteiger partial charge in [0.1, 0.15) is 0 Å². The minimum absolute atomic E-state index is 0.781. The van der Waals surface area contributed by atoms with E-state index in [4.69, 9.17) is 15.9 Å². The third-order valence-corrected chi connectivity index (χ3v) is 2.23. The molecule has 0 fully saturated rings. The molecule has 3 heteroatoms. The lowest BCUT2D eigenvalue weighted by Gasteiger charge is -2.21. The lowest BCUT2D eigenvalue weighted by atomic mass is 10.3. The summed E-state index contributed by atoms with van der Waals surface area (Å²) in [4.78, 5) is 2.37. The summed E-state index contributed by atoms with van der Waals surface area (Å²) in [6.07, 6.45) is 8.21. The summed E-state index contributed by atoms with van der Waals surface area (Å²) >= 11 is 0. The van der Waals surface area contributed by atoms with Crippen LogP contribution in [0.2, 0.25) is 0 Å². The van der Waals surface area contributed by atoms with Crippen molar-refractivity contribution in [3.63, 3.8) is 0 Å². The fourth-order valence-electron chi connectivity index (χ4n) is 1.39. The number of rotatable bonds is 10. The van der Waals surface area contributed by atoms with Gasteiger partial charge in [-0.05, 0) is 19.4 Å². The first-order valence-electron chi connectivity index (χ1n) is 5.48. The van der Waals surface area contributed by atoms with Crippen molar-refractivity contribution in [2.24, 2.45) is 0 Å². The lowest BCUT2D eigenvalue weighted by molar-refractivity contribution is 0.132. The van der Waals surface area contributed by atoms with Gasteiger partial charge >= 0.3 is 0 Å². The average Bonchev–Trinajstić information content (AvgIpc) is 2.25. The van der Waals surface area contributed by atoms with Crippen LogP contribution in [0, 0.1) is 12.3 Å². The Bertz CT molecular complexity index is 165. The second kappa shape index (κ2) is 11.5. The summed E-state index contributed by atoms with van der Waals surface area (Å²) in [6, 6.07) is 0. The predicted molar refractivity (Wildman–Crippen MR) is 62.9 cm³/mol. The predicted octanol–water partition coefficient (Wildman–Crippen LogP) is 1.38. The van der Waals surface area contributed by atoms with Gasteiger partial charge in [-0.25, -0.2) is 0 Å². The van der Waals surface area contributed by atoms with Crippen molar-refractivity contribution in [3.05, 3.63) is 0 Å². The van der Waals surface area contributed by atoms with E-state index in [9.17, 15) is 0 Å². The number of nitrogens with zero attached hydrogens (tertiary/aromatic N) is 1. The van der Waals surface area contributed by atoms with Gasteiger partial charge in [0.15, 0.2) is 0 Å². The molecule has 0 N–H and O–H groups in total. The molecule has 0 atom stereocenters. The molecule has 0 radical (unpaired) electrons. The Kier molecular flexibility index (Phi) is 11.1. The molecule has 0 rings (SSSR count). The highest BCUT2D eigenvalue weighted by atomic mass is 16.5. The van der Waals surface area contributed by atoms with Crippen LogP contribution in [0.5, 0.6) is 0 Å². The Morgan fingerprint density at radius 1 is 1.00 bits per heavy atom. The van der Waals surface area contributed by atoms with E-state index in [0.717, 1.165) is 52.1 Å². The summed E-state index contributed by atoms with van der Waals surface area (Å²) in [5.74, 6) is 2.66. The van der Waals surface area contributed by atoms with E-state index < -0.39 is 0 Å². The molecule has 0 saturated carbocycles. The van der Waals surface area contributed by atoms with Gasteiger partial charge in [0.25, 0.3) is 0 Å². The highest BCUT2D eigenvalue weighted by molar-refractivity contribution is 4.83. The molecule has 0 aromatic heterocycles. The van der Waals surface area contributed by atoms with E-state index in [1.165, 1.54) is 0 Å². The van der Waals surface area contributed by atoms with Gasteiger partial charge in [-0.15, -0.1) is 12.3 Å². The van der Waals surface area contributed by atoms with Crippen LogP contribution in [-0.4, -0.2) is 52.0 Å². The van der Waals surface area contributed by atoms with Gasteiger partial charge in [-0.2, -0.15) is 0 Å². The SMILES string of the molecule is C#CCCCN(CCCOC)CCOC. The standard InChI is InChI=1S/C12H23NO2/c1-4-5-6-8-13(10-12-15-3)9-7-11-14-2/h1H,5-12H2,2-3H3. The first-order chi connectivity index (χ1) is 7.35. The van der Waals surface area contributed by atoms with Gasteiger partial charge in [-0.1, -0.05) is 0 Å². The zero-order valence-electron chi connectivity index (χ0n) is 10.00. The van der Waals surface area contributed by atoms with Gasteiger partial charge in [-0.3, -0.25) is 0 Å². The Balaban J connectivity index is 3.59. The van der Waals surface area contributed by atoms with Gasteiger partial charge < -0.3 is 14.4 Å². The fourth-order valence-corrected chi connectivity index (χ4v) is 1.39. The van der Waals surface area contributed by atoms with Crippen LogP contribution in [0.25, 0.3) is 0 Å². The third kappa shape index (κ3) is 9.74. The number of hydrogen-bond acceptors (Lipinski definition) is 3. The van der Waals surface area contributed by atoms with Crippen molar-refractivity contribution < 1.29 is 9.47 Å². The maximum atomic E-state index is 5.22. The summed E-state index contributed by atoms with van der Waals surface area (Å²) in [7, 11) is 3.46. The Morgan fingerprint density at radius 3 is 2.27 bits per heavy atom. The van der Waals surface area contributed by atoms with Gasteiger partial charge in [0.05, 0.1) is 6.61 Å². The Labute approximate surface area is 93.7 Å². The number of ether oxygens (including phenoxy) is 2. The third-order valence-electron chi connectivity index (χ3n) is 2.23. The molecule has 0 amide bonds. The van der Waals surface area contributed by atoms with Crippen LogP contribution in [0.1, 0.15) is 19.3 Å². The maximum absolute atomic E-state index is 5.22. The van der Waals surface area contributed by atoms with E-state index in [2.05, 4.69) is 10.8 Å². The number of unbranched alkanes of at least 4 members (excludes halogenated alkanes) is 1. The van der Waals surface area contributed by atoms with Crippen molar-refractivity contribution in [1.29, 1.82) is 0 Å². The largest absolute Gasteiger partial charge is 0.385 e. The first-order valence-corrected chi connectivity index (χ1v) is 5.48. The van der Waals surface area contributed by atoms with Gasteiger partial charge in [0.2, 0.25) is 0 Å². The summed E-state index contributed by atoms with van der Waals surface area (Å²) < 4.78 is 10.1. The molecule has 0 aliphatic rings. The topological polar surface area (TPSA) is 21.7 Å². The highest BCUT2D eigenvalue weighted by Gasteiger charge is 2.03. The number of terminal acetylenes is 1. The summed E-state index contributed by atoms with van der Waals surface area (Å²) in [5.41, 5.74) is 0. The second-order valence-corrected chi connectivity index (χ2v) is 3.49. The summed E-state index contributed by atoms with van der Waals surface area (Å²) in [5, 5.41) is 0. The molecule has 0 aliphatic heterocycles. The quantitative estimate of drug-likeness (QED) is 0.404. The molecule has 0 aliphatic carbocycles. The van der Waals surface area contributed by atoms with Crippen LogP contribution < -0.4 is 0 Å². The molecule has 3 nitrogen and oxygen atoms in total. The second-order valence-electron chi connectivity index (χ2n) is 3.49. The highest BCUT2D eigenvalue weighted by Crippen LogP contribution is 1.97. The molecule has 0 bridgehead atoms. The molecule has 0 saturated heterocycles. The smallest absolute Gasteiger partial charge is 0.0589 e. The molecule has 15 heavy (non-hydrogen) atoms.